The zero-order valence-corrected chi connectivity index (χ0v) is 10.2. The fourth-order valence-electron chi connectivity index (χ4n) is 1.78. The number of aromatic nitrogens is 3. The van der Waals surface area contributed by atoms with Crippen molar-refractivity contribution in [2.24, 2.45) is 5.73 Å². The lowest BCUT2D eigenvalue weighted by Crippen LogP contribution is -2.18. The highest BCUT2D eigenvalue weighted by molar-refractivity contribution is 5.24. The third-order valence-electron chi connectivity index (χ3n) is 2.80. The number of nitrogens with zero attached hydrogens (tertiary/aromatic N) is 3. The van der Waals surface area contributed by atoms with Crippen molar-refractivity contribution in [1.29, 1.82) is 0 Å². The topological polar surface area (TPSA) is 56.7 Å². The summed E-state index contributed by atoms with van der Waals surface area (Å²) in [5.74, 6) is 0. The Morgan fingerprint density at radius 3 is 2.58 bits per heavy atom. The zero-order chi connectivity index (χ0) is 14.0. The number of aryl methyl sites for hydroxylation is 1. The smallest absolute Gasteiger partial charge is 0.318 e. The van der Waals surface area contributed by atoms with Crippen molar-refractivity contribution in [2.75, 3.05) is 0 Å². The van der Waals surface area contributed by atoms with E-state index < -0.39 is 17.8 Å². The molecule has 0 radical (unpaired) electrons. The van der Waals surface area contributed by atoms with Gasteiger partial charge in [-0.2, -0.15) is 18.3 Å². The van der Waals surface area contributed by atoms with Crippen molar-refractivity contribution in [2.45, 2.75) is 25.7 Å². The fourth-order valence-corrected chi connectivity index (χ4v) is 1.78. The minimum atomic E-state index is -4.39. The number of pyridine rings is 1. The van der Waals surface area contributed by atoms with Gasteiger partial charge in [-0.15, -0.1) is 0 Å². The molecule has 0 amide bonds. The van der Waals surface area contributed by atoms with Crippen molar-refractivity contribution in [1.82, 2.24) is 14.8 Å². The van der Waals surface area contributed by atoms with Crippen LogP contribution in [0.4, 0.5) is 13.2 Å². The van der Waals surface area contributed by atoms with Gasteiger partial charge in [-0.05, 0) is 25.1 Å². The quantitative estimate of drug-likeness (QED) is 0.931. The molecule has 4 nitrogen and oxygen atoms in total. The molecule has 0 aliphatic heterocycles. The van der Waals surface area contributed by atoms with Crippen molar-refractivity contribution in [3.05, 3.63) is 47.5 Å². The lowest BCUT2D eigenvalue weighted by Gasteiger charge is -2.14. The minimum absolute atomic E-state index is 0.378. The van der Waals surface area contributed by atoms with Crippen LogP contribution in [0, 0.1) is 0 Å². The summed E-state index contributed by atoms with van der Waals surface area (Å²) in [6, 6.07) is 3.41. The molecule has 0 aromatic carbocycles. The standard InChI is InChI=1S/C12H13F3N4/c1-2-19-10(5-6-18-19)11(16)9-4-3-8(7-17-9)12(13,14)15/h3-7,11H,2,16H2,1H3. The van der Waals surface area contributed by atoms with E-state index in [9.17, 15) is 13.2 Å². The molecule has 2 rings (SSSR count). The Morgan fingerprint density at radius 2 is 2.05 bits per heavy atom. The lowest BCUT2D eigenvalue weighted by molar-refractivity contribution is -0.137. The molecule has 1 atom stereocenters. The van der Waals surface area contributed by atoms with E-state index in [0.717, 1.165) is 18.0 Å². The number of hydrogen-bond donors (Lipinski definition) is 1. The molecule has 2 heterocycles. The number of hydrogen-bond acceptors (Lipinski definition) is 3. The van der Waals surface area contributed by atoms with E-state index in [1.54, 1.807) is 16.9 Å². The summed E-state index contributed by atoms with van der Waals surface area (Å²) >= 11 is 0. The van der Waals surface area contributed by atoms with Crippen LogP contribution in [0.3, 0.4) is 0 Å². The Balaban J connectivity index is 2.28. The van der Waals surface area contributed by atoms with Gasteiger partial charge in [0.05, 0.1) is 23.0 Å². The molecule has 0 saturated heterocycles. The number of halogens is 3. The first kappa shape index (κ1) is 13.5. The van der Waals surface area contributed by atoms with Crippen LogP contribution in [0.5, 0.6) is 0 Å². The third-order valence-corrected chi connectivity index (χ3v) is 2.80. The Morgan fingerprint density at radius 1 is 1.32 bits per heavy atom. The maximum Gasteiger partial charge on any atom is 0.417 e. The van der Waals surface area contributed by atoms with Gasteiger partial charge < -0.3 is 5.73 Å². The van der Waals surface area contributed by atoms with Crippen LogP contribution in [-0.2, 0) is 12.7 Å². The molecule has 0 aliphatic carbocycles. The van der Waals surface area contributed by atoms with Crippen molar-refractivity contribution in [3.63, 3.8) is 0 Å². The van der Waals surface area contributed by atoms with Gasteiger partial charge in [-0.3, -0.25) is 9.67 Å². The van der Waals surface area contributed by atoms with Gasteiger partial charge in [0.1, 0.15) is 0 Å². The van der Waals surface area contributed by atoms with Gasteiger partial charge in [0.2, 0.25) is 0 Å². The maximum atomic E-state index is 12.4. The summed E-state index contributed by atoms with van der Waals surface area (Å²) < 4.78 is 39.0. The first-order chi connectivity index (χ1) is 8.93. The van der Waals surface area contributed by atoms with Crippen LogP contribution < -0.4 is 5.73 Å². The maximum absolute atomic E-state index is 12.4. The molecule has 7 heteroatoms. The van der Waals surface area contributed by atoms with E-state index in [2.05, 4.69) is 10.1 Å². The Hall–Kier alpha value is -1.89. The molecular formula is C12H13F3N4. The minimum Gasteiger partial charge on any atom is -0.318 e. The summed E-state index contributed by atoms with van der Waals surface area (Å²) in [7, 11) is 0. The zero-order valence-electron chi connectivity index (χ0n) is 10.2. The summed E-state index contributed by atoms with van der Waals surface area (Å²) in [5, 5.41) is 4.07. The molecule has 19 heavy (non-hydrogen) atoms. The summed E-state index contributed by atoms with van der Waals surface area (Å²) in [6.45, 7) is 2.54. The highest BCUT2D eigenvalue weighted by atomic mass is 19.4. The molecule has 0 spiro atoms. The first-order valence-corrected chi connectivity index (χ1v) is 5.74. The van der Waals surface area contributed by atoms with Crippen LogP contribution in [0.2, 0.25) is 0 Å². The molecule has 102 valence electrons. The summed E-state index contributed by atoms with van der Waals surface area (Å²) in [4.78, 5) is 3.79. The van der Waals surface area contributed by atoms with Crippen LogP contribution in [-0.4, -0.2) is 14.8 Å². The first-order valence-electron chi connectivity index (χ1n) is 5.74. The van der Waals surface area contributed by atoms with E-state index in [-0.39, 0.29) is 0 Å². The van der Waals surface area contributed by atoms with Gasteiger partial charge in [0.15, 0.2) is 0 Å². The number of nitrogens with two attached hydrogens (primary N) is 1. The average molecular weight is 270 g/mol. The second-order valence-corrected chi connectivity index (χ2v) is 4.02. The molecule has 2 aromatic rings. The molecule has 0 aliphatic rings. The second kappa shape index (κ2) is 5.00. The Bertz CT molecular complexity index is 545. The normalized spacial score (nSPS) is 13.5. The van der Waals surface area contributed by atoms with Crippen LogP contribution in [0.25, 0.3) is 0 Å². The van der Waals surface area contributed by atoms with Crippen molar-refractivity contribution in [3.8, 4) is 0 Å². The van der Waals surface area contributed by atoms with E-state index >= 15 is 0 Å². The predicted molar refractivity (Wildman–Crippen MR) is 63.2 cm³/mol. The average Bonchev–Trinajstić information content (AvgIpc) is 2.85. The highest BCUT2D eigenvalue weighted by Gasteiger charge is 2.31. The number of rotatable bonds is 3. The Labute approximate surface area is 108 Å². The molecule has 0 saturated carbocycles. The van der Waals surface area contributed by atoms with E-state index in [1.807, 2.05) is 6.92 Å². The molecule has 2 N–H and O–H groups in total. The fraction of sp³-hybridized carbons (Fsp3) is 0.333. The molecule has 2 aromatic heterocycles. The largest absolute Gasteiger partial charge is 0.417 e. The van der Waals surface area contributed by atoms with E-state index in [4.69, 9.17) is 5.73 Å². The summed E-state index contributed by atoms with van der Waals surface area (Å²) in [6.07, 6.45) is -1.99. The summed E-state index contributed by atoms with van der Waals surface area (Å²) in [5.41, 5.74) is 6.30. The SMILES string of the molecule is CCn1nccc1C(N)c1ccc(C(F)(F)F)cn1. The van der Waals surface area contributed by atoms with Crippen molar-refractivity contribution >= 4 is 0 Å². The van der Waals surface area contributed by atoms with Crippen LogP contribution >= 0.6 is 0 Å². The molecule has 0 fully saturated rings. The van der Waals surface area contributed by atoms with Gasteiger partial charge in [-0.1, -0.05) is 0 Å². The van der Waals surface area contributed by atoms with Crippen molar-refractivity contribution < 1.29 is 13.2 Å². The van der Waals surface area contributed by atoms with Gasteiger partial charge in [0.25, 0.3) is 0 Å². The van der Waals surface area contributed by atoms with Gasteiger partial charge in [0, 0.05) is 18.9 Å². The third kappa shape index (κ3) is 2.76. The van der Waals surface area contributed by atoms with E-state index in [0.29, 0.717) is 12.2 Å². The van der Waals surface area contributed by atoms with Gasteiger partial charge in [-0.25, -0.2) is 0 Å². The molecule has 0 bridgehead atoms. The van der Waals surface area contributed by atoms with Crippen LogP contribution in [0.15, 0.2) is 30.6 Å². The Kier molecular flexibility index (Phi) is 3.57. The lowest BCUT2D eigenvalue weighted by atomic mass is 10.1. The monoisotopic (exact) mass is 270 g/mol. The van der Waals surface area contributed by atoms with E-state index in [1.165, 1.54) is 6.07 Å². The van der Waals surface area contributed by atoms with Gasteiger partial charge >= 0.3 is 6.18 Å². The molecular weight excluding hydrogens is 257 g/mol. The van der Waals surface area contributed by atoms with Crippen LogP contribution in [0.1, 0.15) is 29.9 Å². The predicted octanol–water partition coefficient (Wildman–Crippen LogP) is 2.36. The highest BCUT2D eigenvalue weighted by Crippen LogP contribution is 2.29. The second-order valence-electron chi connectivity index (χ2n) is 4.02. The molecule has 1 unspecified atom stereocenters. The number of alkyl halides is 3.